The summed E-state index contributed by atoms with van der Waals surface area (Å²) in [5.41, 5.74) is 0.448. The molecule has 4 nitrogen and oxygen atoms in total. The highest BCUT2D eigenvalue weighted by atomic mass is 35.5. The molecule has 0 spiro atoms. The summed E-state index contributed by atoms with van der Waals surface area (Å²) in [5.74, 6) is 0. The van der Waals surface area contributed by atoms with Crippen LogP contribution in [0.2, 0.25) is 10.0 Å². The van der Waals surface area contributed by atoms with Gasteiger partial charge in [0.15, 0.2) is 0 Å². The normalized spacial score (nSPS) is 19.5. The molecule has 0 bridgehead atoms. The van der Waals surface area contributed by atoms with Crippen molar-refractivity contribution in [2.24, 2.45) is 0 Å². The molecule has 1 amide bonds. The van der Waals surface area contributed by atoms with Crippen LogP contribution in [0.15, 0.2) is 18.2 Å². The van der Waals surface area contributed by atoms with Crippen LogP contribution in [0.1, 0.15) is 32.4 Å². The first-order chi connectivity index (χ1) is 9.76. The standard InChI is InChI=1S/C15H20Cl2N2O2/c1-15(2,3)21-14(20)19-7-6-18-13(9-19)11-5-4-10(16)8-12(11)17/h4-5,8,13,18H,6-7,9H2,1-3H3. The van der Waals surface area contributed by atoms with Gasteiger partial charge in [-0.25, -0.2) is 4.79 Å². The fourth-order valence-electron chi connectivity index (χ4n) is 2.23. The molecule has 1 saturated heterocycles. The van der Waals surface area contributed by atoms with Gasteiger partial charge in [-0.15, -0.1) is 0 Å². The van der Waals surface area contributed by atoms with Crippen LogP contribution in [0.4, 0.5) is 4.79 Å². The summed E-state index contributed by atoms with van der Waals surface area (Å²) in [6.45, 7) is 7.43. The van der Waals surface area contributed by atoms with Crippen LogP contribution in [-0.2, 0) is 4.74 Å². The van der Waals surface area contributed by atoms with E-state index in [4.69, 9.17) is 27.9 Å². The Morgan fingerprint density at radius 1 is 1.38 bits per heavy atom. The predicted octanol–water partition coefficient (Wildman–Crippen LogP) is 3.87. The third-order valence-electron chi connectivity index (χ3n) is 3.17. The van der Waals surface area contributed by atoms with Gasteiger partial charge in [-0.3, -0.25) is 0 Å². The lowest BCUT2D eigenvalue weighted by molar-refractivity contribution is 0.0195. The Hall–Kier alpha value is -0.970. The Balaban J connectivity index is 2.08. The summed E-state index contributed by atoms with van der Waals surface area (Å²) in [6.07, 6.45) is -0.293. The molecule has 0 aliphatic carbocycles. The van der Waals surface area contributed by atoms with Gasteiger partial charge in [0.1, 0.15) is 5.60 Å². The van der Waals surface area contributed by atoms with Gasteiger partial charge in [0.2, 0.25) is 0 Å². The Labute approximate surface area is 135 Å². The van der Waals surface area contributed by atoms with Gasteiger partial charge < -0.3 is 15.0 Å². The van der Waals surface area contributed by atoms with E-state index in [1.54, 1.807) is 17.0 Å². The summed E-state index contributed by atoms with van der Waals surface area (Å²) in [6, 6.07) is 5.39. The van der Waals surface area contributed by atoms with Crippen molar-refractivity contribution in [1.82, 2.24) is 10.2 Å². The average Bonchev–Trinajstić information content (AvgIpc) is 2.37. The minimum atomic E-state index is -0.491. The molecule has 116 valence electrons. The summed E-state index contributed by atoms with van der Waals surface area (Å²) in [7, 11) is 0. The van der Waals surface area contributed by atoms with Gasteiger partial charge >= 0.3 is 6.09 Å². The number of ether oxygens (including phenoxy) is 1. The zero-order valence-electron chi connectivity index (χ0n) is 12.5. The maximum Gasteiger partial charge on any atom is 0.410 e. The molecule has 6 heteroatoms. The van der Waals surface area contributed by atoms with Crippen LogP contribution in [0.5, 0.6) is 0 Å². The maximum atomic E-state index is 12.2. The highest BCUT2D eigenvalue weighted by molar-refractivity contribution is 6.35. The van der Waals surface area contributed by atoms with Crippen LogP contribution in [0.3, 0.4) is 0 Å². The molecule has 1 aromatic carbocycles. The van der Waals surface area contributed by atoms with Crippen LogP contribution in [-0.4, -0.2) is 36.2 Å². The van der Waals surface area contributed by atoms with Crippen molar-refractivity contribution in [1.29, 1.82) is 0 Å². The lowest BCUT2D eigenvalue weighted by atomic mass is 10.0. The molecule has 2 rings (SSSR count). The molecule has 1 heterocycles. The van der Waals surface area contributed by atoms with E-state index in [0.29, 0.717) is 29.7 Å². The Morgan fingerprint density at radius 3 is 2.71 bits per heavy atom. The van der Waals surface area contributed by atoms with Crippen molar-refractivity contribution < 1.29 is 9.53 Å². The SMILES string of the molecule is CC(C)(C)OC(=O)N1CCNC(c2ccc(Cl)cc2Cl)C1. The first kappa shape index (κ1) is 16.4. The zero-order chi connectivity index (χ0) is 15.6. The van der Waals surface area contributed by atoms with Gasteiger partial charge in [0.05, 0.1) is 6.04 Å². The van der Waals surface area contributed by atoms with Gasteiger partial charge in [-0.05, 0) is 38.5 Å². The molecule has 1 aliphatic rings. The maximum absolute atomic E-state index is 12.2. The summed E-state index contributed by atoms with van der Waals surface area (Å²) < 4.78 is 5.42. The van der Waals surface area contributed by atoms with E-state index in [1.807, 2.05) is 26.8 Å². The van der Waals surface area contributed by atoms with E-state index in [1.165, 1.54) is 0 Å². The molecule has 0 aromatic heterocycles. The summed E-state index contributed by atoms with van der Waals surface area (Å²) >= 11 is 12.2. The number of hydrogen-bond donors (Lipinski definition) is 1. The van der Waals surface area contributed by atoms with Crippen LogP contribution < -0.4 is 5.32 Å². The molecule has 1 unspecified atom stereocenters. The first-order valence-electron chi connectivity index (χ1n) is 6.92. The van der Waals surface area contributed by atoms with Gasteiger partial charge in [-0.1, -0.05) is 29.3 Å². The summed E-state index contributed by atoms with van der Waals surface area (Å²) in [5, 5.41) is 4.57. The van der Waals surface area contributed by atoms with Crippen molar-refractivity contribution in [3.05, 3.63) is 33.8 Å². The lowest BCUT2D eigenvalue weighted by Gasteiger charge is -2.35. The third kappa shape index (κ3) is 4.50. The monoisotopic (exact) mass is 330 g/mol. The molecule has 1 aliphatic heterocycles. The van der Waals surface area contributed by atoms with Crippen molar-refractivity contribution >= 4 is 29.3 Å². The van der Waals surface area contributed by atoms with Crippen molar-refractivity contribution in [2.75, 3.05) is 19.6 Å². The zero-order valence-corrected chi connectivity index (χ0v) is 14.0. The van der Waals surface area contributed by atoms with E-state index in [0.717, 1.165) is 5.56 Å². The fraction of sp³-hybridized carbons (Fsp3) is 0.533. The number of carbonyl (C=O) groups is 1. The molecule has 1 aromatic rings. The second kappa shape index (κ2) is 6.42. The van der Waals surface area contributed by atoms with Gasteiger partial charge in [0, 0.05) is 29.7 Å². The first-order valence-corrected chi connectivity index (χ1v) is 7.68. The van der Waals surface area contributed by atoms with E-state index in [-0.39, 0.29) is 12.1 Å². The van der Waals surface area contributed by atoms with Crippen molar-refractivity contribution in [3.63, 3.8) is 0 Å². The number of benzene rings is 1. The minimum absolute atomic E-state index is 0.0176. The topological polar surface area (TPSA) is 41.6 Å². The highest BCUT2D eigenvalue weighted by Crippen LogP contribution is 2.28. The Kier molecular flexibility index (Phi) is 5.02. The number of carbonyl (C=O) groups excluding carboxylic acids is 1. The molecule has 1 N–H and O–H groups in total. The molecular weight excluding hydrogens is 311 g/mol. The molecular formula is C15H20Cl2N2O2. The number of nitrogens with one attached hydrogen (secondary N) is 1. The van der Waals surface area contributed by atoms with Crippen LogP contribution >= 0.6 is 23.2 Å². The minimum Gasteiger partial charge on any atom is -0.444 e. The van der Waals surface area contributed by atoms with Crippen molar-refractivity contribution in [2.45, 2.75) is 32.4 Å². The van der Waals surface area contributed by atoms with E-state index in [2.05, 4.69) is 5.32 Å². The smallest absolute Gasteiger partial charge is 0.410 e. The van der Waals surface area contributed by atoms with Gasteiger partial charge in [-0.2, -0.15) is 0 Å². The van der Waals surface area contributed by atoms with E-state index >= 15 is 0 Å². The number of rotatable bonds is 1. The van der Waals surface area contributed by atoms with E-state index < -0.39 is 5.60 Å². The predicted molar refractivity (Wildman–Crippen MR) is 85.0 cm³/mol. The molecule has 1 atom stereocenters. The molecule has 1 fully saturated rings. The van der Waals surface area contributed by atoms with Crippen molar-refractivity contribution in [3.8, 4) is 0 Å². The van der Waals surface area contributed by atoms with E-state index in [9.17, 15) is 4.79 Å². The highest BCUT2D eigenvalue weighted by Gasteiger charge is 2.28. The quantitative estimate of drug-likeness (QED) is 0.849. The average molecular weight is 331 g/mol. The number of halogens is 2. The Morgan fingerprint density at radius 2 is 2.10 bits per heavy atom. The van der Waals surface area contributed by atoms with Gasteiger partial charge in [0.25, 0.3) is 0 Å². The lowest BCUT2D eigenvalue weighted by Crippen LogP contribution is -2.49. The second-order valence-corrected chi connectivity index (χ2v) is 6.94. The number of amides is 1. The number of nitrogens with zero attached hydrogens (tertiary/aromatic N) is 1. The van der Waals surface area contributed by atoms with Crippen LogP contribution in [0.25, 0.3) is 0 Å². The fourth-order valence-corrected chi connectivity index (χ4v) is 2.77. The van der Waals surface area contributed by atoms with Crippen LogP contribution in [0, 0.1) is 0 Å². The molecule has 0 saturated carbocycles. The summed E-state index contributed by atoms with van der Waals surface area (Å²) in [4.78, 5) is 13.9. The molecule has 0 radical (unpaired) electrons. The number of piperazine rings is 1. The number of hydrogen-bond acceptors (Lipinski definition) is 3. The molecule has 21 heavy (non-hydrogen) atoms. The largest absolute Gasteiger partial charge is 0.444 e. The third-order valence-corrected chi connectivity index (χ3v) is 3.73. The second-order valence-electron chi connectivity index (χ2n) is 6.10. The Bertz CT molecular complexity index is 529.